The van der Waals surface area contributed by atoms with Crippen molar-refractivity contribution in [2.75, 3.05) is 0 Å². The highest BCUT2D eigenvalue weighted by molar-refractivity contribution is 9.10. The third kappa shape index (κ3) is 4.74. The van der Waals surface area contributed by atoms with E-state index in [0.717, 1.165) is 27.9 Å². The molecule has 1 N–H and O–H groups in total. The topological polar surface area (TPSA) is 49.4 Å². The first-order chi connectivity index (χ1) is 13.0. The van der Waals surface area contributed by atoms with Gasteiger partial charge < -0.3 is 0 Å². The molecule has 2 aromatic rings. The summed E-state index contributed by atoms with van der Waals surface area (Å²) in [5.41, 5.74) is 4.97. The van der Waals surface area contributed by atoms with Gasteiger partial charge in [0.1, 0.15) is 0 Å². The number of benzene rings is 2. The Morgan fingerprint density at radius 3 is 2.52 bits per heavy atom. The maximum atomic E-state index is 12.7. The maximum absolute atomic E-state index is 12.7. The number of nitrogens with zero attached hydrogens (tertiary/aromatic N) is 1. The average molecular weight is 459 g/mol. The van der Waals surface area contributed by atoms with Crippen LogP contribution in [0.5, 0.6) is 0 Å². The van der Waals surface area contributed by atoms with Crippen LogP contribution in [0.3, 0.4) is 0 Å². The van der Waals surface area contributed by atoms with Crippen LogP contribution in [-0.4, -0.2) is 21.1 Å². The number of thiocarbonyl (C=S) groups is 1. The summed E-state index contributed by atoms with van der Waals surface area (Å²) in [6.45, 7) is 1.92. The number of amides is 2. The largest absolute Gasteiger partial charge is 0.285 e. The number of hydrogen-bond donors (Lipinski definition) is 1. The van der Waals surface area contributed by atoms with E-state index in [9.17, 15) is 9.59 Å². The lowest BCUT2D eigenvalue weighted by Crippen LogP contribution is -2.44. The zero-order chi connectivity index (χ0) is 19.4. The number of rotatable bonds is 4. The fourth-order valence-corrected chi connectivity index (χ4v) is 4.13. The van der Waals surface area contributed by atoms with E-state index >= 15 is 0 Å². The number of thioether (sulfide) groups is 1. The van der Waals surface area contributed by atoms with Gasteiger partial charge in [0.25, 0.3) is 11.8 Å². The summed E-state index contributed by atoms with van der Waals surface area (Å²) in [4.78, 5) is 25.6. The van der Waals surface area contributed by atoms with Gasteiger partial charge in [-0.15, -0.1) is 0 Å². The summed E-state index contributed by atoms with van der Waals surface area (Å²) in [7, 11) is 0. The molecule has 0 bridgehead atoms. The molecular weight excluding hydrogens is 444 g/mol. The average Bonchev–Trinajstić information content (AvgIpc) is 2.90. The first-order valence-electron chi connectivity index (χ1n) is 8.02. The summed E-state index contributed by atoms with van der Waals surface area (Å²) in [5.74, 6) is -0.747. The second-order valence-electron chi connectivity index (χ2n) is 5.74. The Morgan fingerprint density at radius 1 is 1.15 bits per heavy atom. The van der Waals surface area contributed by atoms with Crippen LogP contribution in [-0.2, 0) is 4.79 Å². The van der Waals surface area contributed by atoms with Gasteiger partial charge in [-0.05, 0) is 64.4 Å². The van der Waals surface area contributed by atoms with Gasteiger partial charge in [0.05, 0.1) is 10.5 Å². The van der Waals surface area contributed by atoms with Crippen molar-refractivity contribution >= 4 is 62.1 Å². The second kappa shape index (κ2) is 8.65. The van der Waals surface area contributed by atoms with Gasteiger partial charge in [-0.1, -0.05) is 60.3 Å². The molecule has 2 amide bonds. The highest BCUT2D eigenvalue weighted by atomic mass is 79.9. The molecule has 2 aromatic carbocycles. The van der Waals surface area contributed by atoms with Gasteiger partial charge in [0, 0.05) is 4.47 Å². The van der Waals surface area contributed by atoms with Crippen molar-refractivity contribution < 1.29 is 9.59 Å². The van der Waals surface area contributed by atoms with Crippen LogP contribution in [0.2, 0.25) is 0 Å². The molecule has 136 valence electrons. The molecule has 0 unspecified atom stereocenters. The molecule has 1 fully saturated rings. The van der Waals surface area contributed by atoms with Crippen LogP contribution in [0, 0.1) is 0 Å². The summed E-state index contributed by atoms with van der Waals surface area (Å²) in [6, 6.07) is 16.8. The fraction of sp³-hybridized carbons (Fsp3) is 0.0500. The van der Waals surface area contributed by atoms with Crippen LogP contribution in [0.1, 0.15) is 22.8 Å². The fourth-order valence-electron chi connectivity index (χ4n) is 2.43. The minimum atomic E-state index is -0.406. The van der Waals surface area contributed by atoms with Crippen LogP contribution < -0.4 is 5.43 Å². The predicted molar refractivity (Wildman–Crippen MR) is 117 cm³/mol. The van der Waals surface area contributed by atoms with E-state index in [0.29, 0.717) is 19.3 Å². The van der Waals surface area contributed by atoms with E-state index in [-0.39, 0.29) is 5.91 Å². The van der Waals surface area contributed by atoms with Gasteiger partial charge in [-0.25, -0.2) is 0 Å². The minimum Gasteiger partial charge on any atom is -0.267 e. The van der Waals surface area contributed by atoms with Crippen molar-refractivity contribution in [3.8, 4) is 0 Å². The Kier molecular flexibility index (Phi) is 6.26. The normalized spacial score (nSPS) is 16.1. The van der Waals surface area contributed by atoms with Gasteiger partial charge in [0.15, 0.2) is 4.32 Å². The molecule has 0 aliphatic carbocycles. The SMILES string of the molecule is CC(/C=C1\SC(=S)N(NC(=O)c2ccccc2Br)C1=O)=C\c1ccccc1. The van der Waals surface area contributed by atoms with E-state index in [4.69, 9.17) is 12.2 Å². The number of carbonyl (C=O) groups excluding carboxylic acids is 2. The van der Waals surface area contributed by atoms with Crippen LogP contribution in [0.15, 0.2) is 75.6 Å². The lowest BCUT2D eigenvalue weighted by molar-refractivity contribution is -0.123. The lowest BCUT2D eigenvalue weighted by atomic mass is 10.1. The highest BCUT2D eigenvalue weighted by Crippen LogP contribution is 2.31. The van der Waals surface area contributed by atoms with Crippen molar-refractivity contribution in [1.82, 2.24) is 10.4 Å². The number of allylic oxidation sites excluding steroid dienone is 2. The first kappa shape index (κ1) is 19.5. The van der Waals surface area contributed by atoms with E-state index in [2.05, 4.69) is 21.4 Å². The molecule has 27 heavy (non-hydrogen) atoms. The zero-order valence-corrected chi connectivity index (χ0v) is 17.5. The van der Waals surface area contributed by atoms with Gasteiger partial charge in [0.2, 0.25) is 0 Å². The van der Waals surface area contributed by atoms with Crippen molar-refractivity contribution in [2.45, 2.75) is 6.92 Å². The summed E-state index contributed by atoms with van der Waals surface area (Å²) < 4.78 is 0.935. The molecule has 1 aliphatic rings. The molecule has 0 radical (unpaired) electrons. The van der Waals surface area contributed by atoms with Crippen molar-refractivity contribution in [3.05, 3.63) is 86.8 Å². The number of nitrogens with one attached hydrogen (secondary N) is 1. The summed E-state index contributed by atoms with van der Waals surface area (Å²) in [5, 5.41) is 1.11. The third-order valence-corrected chi connectivity index (χ3v) is 5.67. The van der Waals surface area contributed by atoms with Gasteiger partial charge in [-0.3, -0.25) is 15.0 Å². The predicted octanol–water partition coefficient (Wildman–Crippen LogP) is 4.94. The molecule has 1 saturated heterocycles. The molecule has 0 aromatic heterocycles. The molecule has 0 saturated carbocycles. The zero-order valence-electron chi connectivity index (χ0n) is 14.3. The summed E-state index contributed by atoms with van der Waals surface area (Å²) in [6.07, 6.45) is 3.75. The van der Waals surface area contributed by atoms with Crippen molar-refractivity contribution in [1.29, 1.82) is 0 Å². The molecule has 0 spiro atoms. The molecule has 1 aliphatic heterocycles. The van der Waals surface area contributed by atoms with E-state index in [1.807, 2.05) is 49.4 Å². The van der Waals surface area contributed by atoms with Crippen LogP contribution >= 0.6 is 39.9 Å². The monoisotopic (exact) mass is 458 g/mol. The van der Waals surface area contributed by atoms with Crippen LogP contribution in [0.25, 0.3) is 6.08 Å². The van der Waals surface area contributed by atoms with Crippen molar-refractivity contribution in [2.24, 2.45) is 0 Å². The number of carbonyl (C=O) groups is 2. The van der Waals surface area contributed by atoms with E-state index < -0.39 is 5.91 Å². The van der Waals surface area contributed by atoms with Gasteiger partial charge >= 0.3 is 0 Å². The highest BCUT2D eigenvalue weighted by Gasteiger charge is 2.33. The maximum Gasteiger partial charge on any atom is 0.285 e. The van der Waals surface area contributed by atoms with E-state index in [1.165, 1.54) is 0 Å². The molecule has 4 nitrogen and oxygen atoms in total. The minimum absolute atomic E-state index is 0.291. The molecule has 7 heteroatoms. The molecular formula is C20H15BrN2O2S2. The second-order valence-corrected chi connectivity index (χ2v) is 8.27. The Labute approximate surface area is 175 Å². The Bertz CT molecular complexity index is 971. The van der Waals surface area contributed by atoms with Gasteiger partial charge in [-0.2, -0.15) is 5.01 Å². The number of hydrogen-bond acceptors (Lipinski definition) is 4. The van der Waals surface area contributed by atoms with Crippen LogP contribution in [0.4, 0.5) is 0 Å². The number of halogens is 1. The number of hydrazine groups is 1. The quantitative estimate of drug-likeness (QED) is 0.520. The smallest absolute Gasteiger partial charge is 0.267 e. The summed E-state index contributed by atoms with van der Waals surface area (Å²) >= 11 is 9.75. The lowest BCUT2D eigenvalue weighted by Gasteiger charge is -2.16. The first-order valence-corrected chi connectivity index (χ1v) is 10.0. The Balaban J connectivity index is 1.76. The Morgan fingerprint density at radius 2 is 1.81 bits per heavy atom. The molecule has 1 heterocycles. The third-order valence-electron chi connectivity index (χ3n) is 3.68. The molecule has 0 atom stereocenters. The van der Waals surface area contributed by atoms with E-state index in [1.54, 1.807) is 24.3 Å². The standard InChI is InChI=1S/C20H15BrN2O2S2/c1-13(11-14-7-3-2-4-8-14)12-17-19(25)23(20(26)27-17)22-18(24)15-9-5-6-10-16(15)21/h2-12H,1H3,(H,22,24)/b13-11+,17-12-. The van der Waals surface area contributed by atoms with Crippen molar-refractivity contribution in [3.63, 3.8) is 0 Å². The Hall–Kier alpha value is -2.22. The molecule has 3 rings (SSSR count).